The lowest BCUT2D eigenvalue weighted by atomic mass is 10.1. The largest absolute Gasteiger partial charge is 0.387 e. The number of benzene rings is 1. The van der Waals surface area contributed by atoms with Crippen LogP contribution in [0.4, 0.5) is 0 Å². The van der Waals surface area contributed by atoms with Crippen molar-refractivity contribution in [3.63, 3.8) is 0 Å². The fourth-order valence-electron chi connectivity index (χ4n) is 1.04. The Kier molecular flexibility index (Phi) is 3.18. The summed E-state index contributed by atoms with van der Waals surface area (Å²) in [7, 11) is 0. The van der Waals surface area contributed by atoms with Crippen molar-refractivity contribution in [3.05, 3.63) is 35.4 Å². The molecule has 2 heteroatoms. The molecule has 2 atom stereocenters. The van der Waals surface area contributed by atoms with Crippen LogP contribution in [0, 0.1) is 6.92 Å². The van der Waals surface area contributed by atoms with Gasteiger partial charge < -0.3 is 5.11 Å². The van der Waals surface area contributed by atoms with E-state index in [-0.39, 0.29) is 5.25 Å². The van der Waals surface area contributed by atoms with Gasteiger partial charge in [0.1, 0.15) is 0 Å². The van der Waals surface area contributed by atoms with Gasteiger partial charge in [-0.25, -0.2) is 0 Å². The maximum atomic E-state index is 9.61. The predicted octanol–water partition coefficient (Wildman–Crippen LogP) is 2.35. The van der Waals surface area contributed by atoms with E-state index in [4.69, 9.17) is 0 Å². The number of rotatable bonds is 2. The van der Waals surface area contributed by atoms with Crippen molar-refractivity contribution < 1.29 is 5.11 Å². The minimum absolute atomic E-state index is 0.0206. The molecule has 2 unspecified atom stereocenters. The summed E-state index contributed by atoms with van der Waals surface area (Å²) in [6.07, 6.45) is -0.464. The third-order valence-electron chi connectivity index (χ3n) is 1.88. The molecule has 66 valence electrons. The average Bonchev–Trinajstić information content (AvgIpc) is 2.04. The molecule has 0 heterocycles. The molecule has 1 N–H and O–H groups in total. The van der Waals surface area contributed by atoms with Crippen LogP contribution in [0.1, 0.15) is 24.2 Å². The average molecular weight is 182 g/mol. The zero-order chi connectivity index (χ0) is 9.14. The molecule has 0 saturated heterocycles. The first-order chi connectivity index (χ1) is 5.61. The third kappa shape index (κ3) is 2.26. The highest BCUT2D eigenvalue weighted by Gasteiger charge is 2.11. The summed E-state index contributed by atoms with van der Waals surface area (Å²) in [5, 5.41) is 9.59. The smallest absolute Gasteiger partial charge is 0.0903 e. The molecule has 0 saturated carbocycles. The van der Waals surface area contributed by atoms with E-state index in [2.05, 4.69) is 12.6 Å². The van der Waals surface area contributed by atoms with Crippen LogP contribution in [0.25, 0.3) is 0 Å². The van der Waals surface area contributed by atoms with Crippen LogP contribution < -0.4 is 0 Å². The Labute approximate surface area is 78.8 Å². The fraction of sp³-hybridized carbons (Fsp3) is 0.400. The van der Waals surface area contributed by atoms with Crippen LogP contribution in [-0.2, 0) is 0 Å². The fourth-order valence-corrected chi connectivity index (χ4v) is 1.21. The number of hydrogen-bond acceptors (Lipinski definition) is 2. The summed E-state index contributed by atoms with van der Waals surface area (Å²) >= 11 is 4.18. The molecule has 0 spiro atoms. The highest BCUT2D eigenvalue weighted by molar-refractivity contribution is 7.80. The number of thiol groups is 1. The number of aliphatic hydroxyl groups is 1. The zero-order valence-electron chi connectivity index (χ0n) is 7.36. The van der Waals surface area contributed by atoms with E-state index in [9.17, 15) is 5.11 Å². The second kappa shape index (κ2) is 3.97. The minimum atomic E-state index is -0.464. The molecule has 0 aliphatic carbocycles. The number of aryl methyl sites for hydroxylation is 1. The van der Waals surface area contributed by atoms with Gasteiger partial charge >= 0.3 is 0 Å². The second-order valence-corrected chi connectivity index (χ2v) is 3.91. The highest BCUT2D eigenvalue weighted by Crippen LogP contribution is 2.20. The summed E-state index contributed by atoms with van der Waals surface area (Å²) in [5.41, 5.74) is 2.14. The van der Waals surface area contributed by atoms with Crippen LogP contribution >= 0.6 is 12.6 Å². The summed E-state index contributed by atoms with van der Waals surface area (Å²) in [4.78, 5) is 0. The Hall–Kier alpha value is -0.470. The first-order valence-corrected chi connectivity index (χ1v) is 4.55. The van der Waals surface area contributed by atoms with Crippen LogP contribution in [0.3, 0.4) is 0 Å². The van der Waals surface area contributed by atoms with Gasteiger partial charge in [0, 0.05) is 5.25 Å². The standard InChI is InChI=1S/C10H14OS/c1-7-3-5-9(6-4-7)10(11)8(2)12/h3-6,8,10-12H,1-2H3. The van der Waals surface area contributed by atoms with Crippen molar-refractivity contribution in [2.75, 3.05) is 0 Å². The van der Waals surface area contributed by atoms with E-state index < -0.39 is 6.10 Å². The highest BCUT2D eigenvalue weighted by atomic mass is 32.1. The van der Waals surface area contributed by atoms with Crippen LogP contribution in [0.15, 0.2) is 24.3 Å². The molecule has 0 aliphatic rings. The normalized spacial score (nSPS) is 15.7. The SMILES string of the molecule is Cc1ccc(C(O)C(C)S)cc1. The Morgan fingerprint density at radius 3 is 2.17 bits per heavy atom. The maximum Gasteiger partial charge on any atom is 0.0903 e. The van der Waals surface area contributed by atoms with E-state index in [1.165, 1.54) is 5.56 Å². The summed E-state index contributed by atoms with van der Waals surface area (Å²) in [6, 6.07) is 7.86. The molecule has 1 aromatic carbocycles. The topological polar surface area (TPSA) is 20.2 Å². The Bertz CT molecular complexity index is 241. The van der Waals surface area contributed by atoms with E-state index in [1.54, 1.807) is 0 Å². The molecule has 1 aromatic rings. The molecule has 1 nitrogen and oxygen atoms in total. The maximum absolute atomic E-state index is 9.61. The van der Waals surface area contributed by atoms with Gasteiger partial charge in [0.25, 0.3) is 0 Å². The monoisotopic (exact) mass is 182 g/mol. The van der Waals surface area contributed by atoms with Crippen molar-refractivity contribution >= 4 is 12.6 Å². The lowest BCUT2D eigenvalue weighted by Gasteiger charge is -2.13. The summed E-state index contributed by atoms with van der Waals surface area (Å²) < 4.78 is 0. The van der Waals surface area contributed by atoms with E-state index in [1.807, 2.05) is 38.1 Å². The Balaban J connectivity index is 2.82. The van der Waals surface area contributed by atoms with E-state index >= 15 is 0 Å². The Morgan fingerprint density at radius 1 is 1.25 bits per heavy atom. The second-order valence-electron chi connectivity index (χ2n) is 3.10. The quantitative estimate of drug-likeness (QED) is 0.673. The first-order valence-electron chi connectivity index (χ1n) is 4.04. The van der Waals surface area contributed by atoms with Crippen molar-refractivity contribution in [1.82, 2.24) is 0 Å². The van der Waals surface area contributed by atoms with Crippen LogP contribution in [0.5, 0.6) is 0 Å². The molecule has 0 bridgehead atoms. The van der Waals surface area contributed by atoms with Gasteiger partial charge in [0.2, 0.25) is 0 Å². The summed E-state index contributed by atoms with van der Waals surface area (Å²) in [6.45, 7) is 3.91. The molecule has 0 aliphatic heterocycles. The molecular weight excluding hydrogens is 168 g/mol. The van der Waals surface area contributed by atoms with Crippen molar-refractivity contribution in [3.8, 4) is 0 Å². The van der Waals surface area contributed by atoms with Crippen molar-refractivity contribution in [2.45, 2.75) is 25.2 Å². The number of aliphatic hydroxyl groups excluding tert-OH is 1. The molecule has 12 heavy (non-hydrogen) atoms. The third-order valence-corrected chi connectivity index (χ3v) is 2.16. The van der Waals surface area contributed by atoms with Crippen LogP contribution in [-0.4, -0.2) is 10.4 Å². The predicted molar refractivity (Wildman–Crippen MR) is 54.6 cm³/mol. The molecule has 0 aromatic heterocycles. The minimum Gasteiger partial charge on any atom is -0.387 e. The van der Waals surface area contributed by atoms with Gasteiger partial charge in [-0.05, 0) is 12.5 Å². The van der Waals surface area contributed by atoms with Gasteiger partial charge in [-0.15, -0.1) is 0 Å². The zero-order valence-corrected chi connectivity index (χ0v) is 8.25. The van der Waals surface area contributed by atoms with Gasteiger partial charge in [0.15, 0.2) is 0 Å². The summed E-state index contributed by atoms with van der Waals surface area (Å²) in [5.74, 6) is 0. The molecule has 0 radical (unpaired) electrons. The van der Waals surface area contributed by atoms with E-state index in [0.717, 1.165) is 5.56 Å². The Morgan fingerprint density at radius 2 is 1.75 bits per heavy atom. The van der Waals surface area contributed by atoms with Crippen molar-refractivity contribution in [2.24, 2.45) is 0 Å². The van der Waals surface area contributed by atoms with E-state index in [0.29, 0.717) is 0 Å². The molecule has 1 rings (SSSR count). The molecule has 0 amide bonds. The van der Waals surface area contributed by atoms with Gasteiger partial charge in [-0.3, -0.25) is 0 Å². The lowest BCUT2D eigenvalue weighted by molar-refractivity contribution is 0.180. The van der Waals surface area contributed by atoms with Gasteiger partial charge in [-0.1, -0.05) is 36.8 Å². The van der Waals surface area contributed by atoms with Crippen molar-refractivity contribution in [1.29, 1.82) is 0 Å². The number of hydrogen-bond donors (Lipinski definition) is 2. The molecule has 0 fully saturated rings. The van der Waals surface area contributed by atoms with Gasteiger partial charge in [-0.2, -0.15) is 12.6 Å². The lowest BCUT2D eigenvalue weighted by Crippen LogP contribution is -2.07. The molecular formula is C10H14OS. The first kappa shape index (κ1) is 9.62. The van der Waals surface area contributed by atoms with Gasteiger partial charge in [0.05, 0.1) is 6.10 Å². The van der Waals surface area contributed by atoms with Crippen LogP contribution in [0.2, 0.25) is 0 Å².